The number of benzene rings is 2. The number of fused-ring (bicyclic) bond motifs is 3. The monoisotopic (exact) mass is 391 g/mol. The van der Waals surface area contributed by atoms with Crippen molar-refractivity contribution in [2.75, 3.05) is 18.0 Å². The van der Waals surface area contributed by atoms with Crippen molar-refractivity contribution in [3.05, 3.63) is 59.1 Å². The number of halogens is 1. The van der Waals surface area contributed by atoms with Gasteiger partial charge in [-0.05, 0) is 43.0 Å². The van der Waals surface area contributed by atoms with Crippen molar-refractivity contribution in [2.45, 2.75) is 26.4 Å². The molecule has 1 aromatic heterocycles. The van der Waals surface area contributed by atoms with E-state index in [9.17, 15) is 0 Å². The normalized spacial score (nSPS) is 18.2. The van der Waals surface area contributed by atoms with Crippen LogP contribution < -0.4 is 9.64 Å². The molecule has 1 saturated heterocycles. The molecule has 3 aromatic rings. The van der Waals surface area contributed by atoms with Gasteiger partial charge in [-0.15, -0.1) is 0 Å². The first-order valence-corrected chi connectivity index (χ1v) is 10.2. The predicted molar refractivity (Wildman–Crippen MR) is 113 cm³/mol. The lowest BCUT2D eigenvalue weighted by Gasteiger charge is -2.32. The van der Waals surface area contributed by atoms with Crippen molar-refractivity contribution in [3.8, 4) is 28.3 Å². The molecule has 0 bridgehead atoms. The van der Waals surface area contributed by atoms with E-state index in [1.165, 1.54) is 12.8 Å². The lowest BCUT2D eigenvalue weighted by atomic mass is 9.97. The molecule has 0 N–H and O–H groups in total. The highest BCUT2D eigenvalue weighted by Gasteiger charge is 2.27. The first-order valence-electron chi connectivity index (χ1n) is 9.83. The van der Waals surface area contributed by atoms with E-state index < -0.39 is 0 Å². The van der Waals surface area contributed by atoms with E-state index >= 15 is 0 Å². The Morgan fingerprint density at radius 3 is 2.79 bits per heavy atom. The molecule has 28 heavy (non-hydrogen) atoms. The number of hydrogen-bond donors (Lipinski definition) is 0. The molecule has 3 heterocycles. The molecule has 0 saturated carbocycles. The van der Waals surface area contributed by atoms with Gasteiger partial charge in [-0.25, -0.2) is 9.97 Å². The van der Waals surface area contributed by atoms with Crippen LogP contribution in [-0.4, -0.2) is 23.1 Å². The average Bonchev–Trinajstić information content (AvgIpc) is 2.73. The molecule has 0 spiro atoms. The van der Waals surface area contributed by atoms with Gasteiger partial charge in [0.15, 0.2) is 0 Å². The highest BCUT2D eigenvalue weighted by atomic mass is 35.5. The zero-order valence-electron chi connectivity index (χ0n) is 15.9. The first-order chi connectivity index (χ1) is 13.7. The fraction of sp³-hybridized carbons (Fsp3) is 0.304. The van der Waals surface area contributed by atoms with Gasteiger partial charge in [-0.2, -0.15) is 0 Å². The third-order valence-corrected chi connectivity index (χ3v) is 5.78. The molecule has 0 aliphatic carbocycles. The molecule has 0 unspecified atom stereocenters. The zero-order chi connectivity index (χ0) is 19.1. The number of hydrogen-bond acceptors (Lipinski definition) is 4. The Bertz CT molecular complexity index is 1040. The summed E-state index contributed by atoms with van der Waals surface area (Å²) < 4.78 is 6.02. The molecule has 2 aliphatic heterocycles. The molecule has 2 aliphatic rings. The zero-order valence-corrected chi connectivity index (χ0v) is 16.6. The lowest BCUT2D eigenvalue weighted by Crippen LogP contribution is -2.35. The van der Waals surface area contributed by atoms with E-state index in [4.69, 9.17) is 26.3 Å². The fourth-order valence-electron chi connectivity index (χ4n) is 4.16. The summed E-state index contributed by atoms with van der Waals surface area (Å²) in [4.78, 5) is 12.3. The number of nitrogens with zero attached hydrogens (tertiary/aromatic N) is 3. The Morgan fingerprint density at radius 2 is 1.93 bits per heavy atom. The van der Waals surface area contributed by atoms with Crippen molar-refractivity contribution < 1.29 is 4.74 Å². The standard InChI is InChI=1S/C23H22ClN3O/c1-15-6-5-11-27(13-15)23-25-21(16-7-4-8-17(24)12-16)19-14-28-20-10-3-2-9-18(20)22(19)26-23/h2-4,7-10,12,15H,5-6,11,13-14H2,1H3/t15-/m1/s1. The summed E-state index contributed by atoms with van der Waals surface area (Å²) in [5.41, 5.74) is 4.94. The third kappa shape index (κ3) is 3.12. The van der Waals surface area contributed by atoms with E-state index in [0.717, 1.165) is 52.9 Å². The molecule has 2 aromatic carbocycles. The van der Waals surface area contributed by atoms with Crippen molar-refractivity contribution in [1.29, 1.82) is 0 Å². The Morgan fingerprint density at radius 1 is 1.07 bits per heavy atom. The van der Waals surface area contributed by atoms with Crippen molar-refractivity contribution in [3.63, 3.8) is 0 Å². The second-order valence-corrected chi connectivity index (χ2v) is 8.12. The average molecular weight is 392 g/mol. The van der Waals surface area contributed by atoms with E-state index in [0.29, 0.717) is 17.5 Å². The highest BCUT2D eigenvalue weighted by molar-refractivity contribution is 6.30. The van der Waals surface area contributed by atoms with E-state index in [1.807, 2.05) is 36.4 Å². The summed E-state index contributed by atoms with van der Waals surface area (Å²) >= 11 is 6.28. The molecule has 0 amide bonds. The maximum Gasteiger partial charge on any atom is 0.226 e. The van der Waals surface area contributed by atoms with E-state index in [-0.39, 0.29) is 0 Å². The second-order valence-electron chi connectivity index (χ2n) is 7.69. The Hall–Kier alpha value is -2.59. The van der Waals surface area contributed by atoms with Crippen LogP contribution in [0.1, 0.15) is 25.3 Å². The van der Waals surface area contributed by atoms with Crippen LogP contribution in [0.2, 0.25) is 5.02 Å². The quantitative estimate of drug-likeness (QED) is 0.570. The number of rotatable bonds is 2. The maximum absolute atomic E-state index is 6.28. The van der Waals surface area contributed by atoms with Crippen LogP contribution in [-0.2, 0) is 6.61 Å². The molecule has 0 radical (unpaired) electrons. The second kappa shape index (κ2) is 7.10. The van der Waals surface area contributed by atoms with Gasteiger partial charge in [0.2, 0.25) is 5.95 Å². The van der Waals surface area contributed by atoms with Crippen LogP contribution in [0.4, 0.5) is 5.95 Å². The smallest absolute Gasteiger partial charge is 0.226 e. The molecular weight excluding hydrogens is 370 g/mol. The summed E-state index contributed by atoms with van der Waals surface area (Å²) in [5.74, 6) is 2.33. The van der Waals surface area contributed by atoms with Crippen LogP contribution in [0, 0.1) is 5.92 Å². The minimum absolute atomic E-state index is 0.463. The van der Waals surface area contributed by atoms with Crippen LogP contribution >= 0.6 is 11.6 Å². The highest BCUT2D eigenvalue weighted by Crippen LogP contribution is 2.41. The van der Waals surface area contributed by atoms with Gasteiger partial charge >= 0.3 is 0 Å². The van der Waals surface area contributed by atoms with Crippen molar-refractivity contribution >= 4 is 17.5 Å². The first kappa shape index (κ1) is 17.5. The summed E-state index contributed by atoms with van der Waals surface area (Å²) in [6, 6.07) is 16.0. The number of ether oxygens (including phenoxy) is 1. The van der Waals surface area contributed by atoms with E-state index in [2.05, 4.69) is 24.0 Å². The van der Waals surface area contributed by atoms with Gasteiger partial charge in [0, 0.05) is 34.8 Å². The van der Waals surface area contributed by atoms with Crippen LogP contribution in [0.3, 0.4) is 0 Å². The molecule has 1 atom stereocenters. The maximum atomic E-state index is 6.28. The van der Waals surface area contributed by atoms with Crippen LogP contribution in [0.25, 0.3) is 22.5 Å². The van der Waals surface area contributed by atoms with Crippen LogP contribution in [0.5, 0.6) is 5.75 Å². The summed E-state index contributed by atoms with van der Waals surface area (Å²) in [6.45, 7) is 4.75. The molecule has 4 nitrogen and oxygen atoms in total. The topological polar surface area (TPSA) is 38.2 Å². The summed E-state index contributed by atoms with van der Waals surface area (Å²) in [7, 11) is 0. The van der Waals surface area contributed by atoms with Gasteiger partial charge in [0.1, 0.15) is 12.4 Å². The Labute approximate surface area is 170 Å². The Balaban J connectivity index is 1.71. The van der Waals surface area contributed by atoms with Gasteiger partial charge in [-0.1, -0.05) is 42.8 Å². The summed E-state index contributed by atoms with van der Waals surface area (Å²) in [5, 5.41) is 0.704. The minimum atomic E-state index is 0.463. The number of anilines is 1. The molecule has 5 rings (SSSR count). The van der Waals surface area contributed by atoms with Crippen LogP contribution in [0.15, 0.2) is 48.5 Å². The van der Waals surface area contributed by atoms with Gasteiger partial charge < -0.3 is 9.64 Å². The SMILES string of the molecule is C[C@@H]1CCCN(c2nc(-c3cccc(Cl)c3)c3c(n2)-c2ccccc2OC3)C1. The van der Waals surface area contributed by atoms with Gasteiger partial charge in [0.05, 0.1) is 11.4 Å². The Kier molecular flexibility index (Phi) is 4.44. The van der Waals surface area contributed by atoms with Gasteiger partial charge in [0.25, 0.3) is 0 Å². The van der Waals surface area contributed by atoms with Gasteiger partial charge in [-0.3, -0.25) is 0 Å². The predicted octanol–water partition coefficient (Wildman–Crippen LogP) is 5.59. The largest absolute Gasteiger partial charge is 0.488 e. The lowest BCUT2D eigenvalue weighted by molar-refractivity contribution is 0.301. The molecule has 1 fully saturated rings. The van der Waals surface area contributed by atoms with Crippen molar-refractivity contribution in [1.82, 2.24) is 9.97 Å². The molecule has 142 valence electrons. The number of piperidine rings is 1. The van der Waals surface area contributed by atoms with Crippen molar-refractivity contribution in [2.24, 2.45) is 5.92 Å². The minimum Gasteiger partial charge on any atom is -0.488 e. The number of para-hydroxylation sites is 1. The number of aromatic nitrogens is 2. The molecule has 5 heteroatoms. The third-order valence-electron chi connectivity index (χ3n) is 5.55. The fourth-order valence-corrected chi connectivity index (χ4v) is 4.35. The summed E-state index contributed by atoms with van der Waals surface area (Å²) in [6.07, 6.45) is 2.44. The molecular formula is C23H22ClN3O. The van der Waals surface area contributed by atoms with E-state index in [1.54, 1.807) is 0 Å².